The number of imidazole rings is 1. The number of H-pyrrole nitrogens is 1. The van der Waals surface area contributed by atoms with E-state index in [0.717, 1.165) is 38.3 Å². The summed E-state index contributed by atoms with van der Waals surface area (Å²) in [5, 5.41) is 3.57. The molecule has 5 heteroatoms. The number of aromatic amines is 1. The SMILES string of the molecule is CCC(=O)N1CC[C@H](NCc2ncc[nH]2)[C@H](CC)C1. The van der Waals surface area contributed by atoms with E-state index in [1.807, 2.05) is 18.0 Å². The normalized spacial score (nSPS) is 23.6. The Hall–Kier alpha value is -1.36. The van der Waals surface area contributed by atoms with Crippen LogP contribution < -0.4 is 5.32 Å². The summed E-state index contributed by atoms with van der Waals surface area (Å²) in [5.74, 6) is 1.80. The predicted molar refractivity (Wildman–Crippen MR) is 74.5 cm³/mol. The van der Waals surface area contributed by atoms with Crippen molar-refractivity contribution in [1.29, 1.82) is 0 Å². The first-order valence-electron chi connectivity index (χ1n) is 7.24. The first-order chi connectivity index (χ1) is 9.24. The van der Waals surface area contributed by atoms with E-state index < -0.39 is 0 Å². The third-order valence-electron chi connectivity index (χ3n) is 4.00. The Labute approximate surface area is 114 Å². The molecular formula is C14H24N4O. The molecule has 2 heterocycles. The van der Waals surface area contributed by atoms with E-state index in [2.05, 4.69) is 22.2 Å². The molecule has 1 aliphatic heterocycles. The molecule has 1 saturated heterocycles. The lowest BCUT2D eigenvalue weighted by atomic mass is 9.89. The minimum atomic E-state index is 0.280. The molecule has 1 aromatic heterocycles. The number of amides is 1. The van der Waals surface area contributed by atoms with Gasteiger partial charge in [-0.15, -0.1) is 0 Å². The fourth-order valence-corrected chi connectivity index (χ4v) is 2.79. The zero-order valence-corrected chi connectivity index (χ0v) is 11.9. The van der Waals surface area contributed by atoms with Gasteiger partial charge in [0, 0.05) is 37.9 Å². The van der Waals surface area contributed by atoms with Gasteiger partial charge in [-0.1, -0.05) is 20.3 Å². The maximum atomic E-state index is 11.8. The summed E-state index contributed by atoms with van der Waals surface area (Å²) in [5.41, 5.74) is 0. The second-order valence-electron chi connectivity index (χ2n) is 5.17. The second kappa shape index (κ2) is 6.70. The molecule has 0 spiro atoms. The van der Waals surface area contributed by atoms with Crippen LogP contribution in [-0.2, 0) is 11.3 Å². The van der Waals surface area contributed by atoms with Crippen molar-refractivity contribution in [2.45, 2.75) is 45.7 Å². The van der Waals surface area contributed by atoms with Gasteiger partial charge in [0.2, 0.25) is 5.91 Å². The third-order valence-corrected chi connectivity index (χ3v) is 4.00. The highest BCUT2D eigenvalue weighted by Crippen LogP contribution is 2.21. The number of likely N-dealkylation sites (tertiary alicyclic amines) is 1. The summed E-state index contributed by atoms with van der Waals surface area (Å²) in [6.07, 6.45) is 6.36. The smallest absolute Gasteiger partial charge is 0.222 e. The van der Waals surface area contributed by atoms with Crippen molar-refractivity contribution in [3.8, 4) is 0 Å². The maximum Gasteiger partial charge on any atom is 0.222 e. The lowest BCUT2D eigenvalue weighted by Gasteiger charge is -2.38. The molecule has 19 heavy (non-hydrogen) atoms. The highest BCUT2D eigenvalue weighted by Gasteiger charge is 2.29. The molecule has 1 amide bonds. The van der Waals surface area contributed by atoms with Gasteiger partial charge in [0.15, 0.2) is 0 Å². The van der Waals surface area contributed by atoms with Crippen molar-refractivity contribution in [2.24, 2.45) is 5.92 Å². The van der Waals surface area contributed by atoms with E-state index in [4.69, 9.17) is 0 Å². The van der Waals surface area contributed by atoms with Crippen LogP contribution in [0.25, 0.3) is 0 Å². The average molecular weight is 264 g/mol. The molecule has 0 aliphatic carbocycles. The molecule has 0 unspecified atom stereocenters. The van der Waals surface area contributed by atoms with E-state index in [1.54, 1.807) is 6.20 Å². The van der Waals surface area contributed by atoms with Gasteiger partial charge in [0.25, 0.3) is 0 Å². The summed E-state index contributed by atoms with van der Waals surface area (Å²) in [4.78, 5) is 21.1. The highest BCUT2D eigenvalue weighted by molar-refractivity contribution is 5.75. The largest absolute Gasteiger partial charge is 0.348 e. The molecule has 2 N–H and O–H groups in total. The predicted octanol–water partition coefficient (Wildman–Crippen LogP) is 1.54. The standard InChI is InChI=1S/C14H24N4O/c1-3-11-10-18(14(19)4-2)8-5-12(11)17-9-13-15-6-7-16-13/h6-7,11-12,17H,3-5,8-10H2,1-2H3,(H,15,16)/t11-,12+/m1/s1. The van der Waals surface area contributed by atoms with Crippen LogP contribution in [0.15, 0.2) is 12.4 Å². The molecule has 1 aliphatic rings. The number of nitrogens with one attached hydrogen (secondary N) is 2. The first kappa shape index (κ1) is 14.1. The number of piperidine rings is 1. The summed E-state index contributed by atoms with van der Waals surface area (Å²) in [6, 6.07) is 0.482. The molecule has 0 aromatic carbocycles. The third kappa shape index (κ3) is 3.56. The molecule has 0 radical (unpaired) electrons. The van der Waals surface area contributed by atoms with Crippen molar-refractivity contribution < 1.29 is 4.79 Å². The minimum Gasteiger partial charge on any atom is -0.348 e. The minimum absolute atomic E-state index is 0.280. The summed E-state index contributed by atoms with van der Waals surface area (Å²) >= 11 is 0. The van der Waals surface area contributed by atoms with E-state index in [-0.39, 0.29) is 5.91 Å². The topological polar surface area (TPSA) is 61.0 Å². The molecular weight excluding hydrogens is 240 g/mol. The molecule has 5 nitrogen and oxygen atoms in total. The van der Waals surface area contributed by atoms with Crippen LogP contribution >= 0.6 is 0 Å². The van der Waals surface area contributed by atoms with Crippen LogP contribution in [-0.4, -0.2) is 39.9 Å². The Morgan fingerprint density at radius 1 is 1.58 bits per heavy atom. The number of aromatic nitrogens is 2. The molecule has 106 valence electrons. The van der Waals surface area contributed by atoms with Crippen molar-refractivity contribution in [2.75, 3.05) is 13.1 Å². The molecule has 1 aromatic rings. The average Bonchev–Trinajstić information content (AvgIpc) is 2.97. The number of hydrogen-bond acceptors (Lipinski definition) is 3. The Morgan fingerprint density at radius 2 is 2.42 bits per heavy atom. The van der Waals surface area contributed by atoms with Crippen LogP contribution in [0.2, 0.25) is 0 Å². The Bertz CT molecular complexity index is 390. The molecule has 0 saturated carbocycles. The lowest BCUT2D eigenvalue weighted by Crippen LogP contribution is -2.50. The monoisotopic (exact) mass is 264 g/mol. The van der Waals surface area contributed by atoms with Gasteiger partial charge in [-0.3, -0.25) is 4.79 Å². The Morgan fingerprint density at radius 3 is 3.05 bits per heavy atom. The highest BCUT2D eigenvalue weighted by atomic mass is 16.2. The van der Waals surface area contributed by atoms with Crippen molar-refractivity contribution >= 4 is 5.91 Å². The second-order valence-corrected chi connectivity index (χ2v) is 5.17. The summed E-state index contributed by atoms with van der Waals surface area (Å²) in [6.45, 7) is 6.67. The molecule has 2 rings (SSSR count). The number of carbonyl (C=O) groups excluding carboxylic acids is 1. The maximum absolute atomic E-state index is 11.8. The van der Waals surface area contributed by atoms with Crippen LogP contribution in [0.3, 0.4) is 0 Å². The fourth-order valence-electron chi connectivity index (χ4n) is 2.79. The quantitative estimate of drug-likeness (QED) is 0.848. The van der Waals surface area contributed by atoms with Crippen LogP contribution in [0, 0.1) is 5.92 Å². The number of rotatable bonds is 5. The first-order valence-corrected chi connectivity index (χ1v) is 7.24. The van der Waals surface area contributed by atoms with Crippen molar-refractivity contribution in [3.63, 3.8) is 0 Å². The van der Waals surface area contributed by atoms with Crippen LogP contribution in [0.1, 0.15) is 38.9 Å². The van der Waals surface area contributed by atoms with Gasteiger partial charge in [0.1, 0.15) is 5.82 Å². The number of hydrogen-bond donors (Lipinski definition) is 2. The van der Waals surface area contributed by atoms with Gasteiger partial charge in [-0.05, 0) is 12.3 Å². The van der Waals surface area contributed by atoms with Gasteiger partial charge in [-0.2, -0.15) is 0 Å². The van der Waals surface area contributed by atoms with Crippen molar-refractivity contribution in [3.05, 3.63) is 18.2 Å². The van der Waals surface area contributed by atoms with Crippen LogP contribution in [0.5, 0.6) is 0 Å². The summed E-state index contributed by atoms with van der Waals surface area (Å²) in [7, 11) is 0. The van der Waals surface area contributed by atoms with Gasteiger partial charge < -0.3 is 15.2 Å². The Kier molecular flexibility index (Phi) is 4.96. The van der Waals surface area contributed by atoms with E-state index in [0.29, 0.717) is 18.4 Å². The number of carbonyl (C=O) groups is 1. The Balaban J connectivity index is 1.86. The lowest BCUT2D eigenvalue weighted by molar-refractivity contribution is -0.133. The van der Waals surface area contributed by atoms with Crippen molar-refractivity contribution in [1.82, 2.24) is 20.2 Å². The fraction of sp³-hybridized carbons (Fsp3) is 0.714. The van der Waals surface area contributed by atoms with E-state index >= 15 is 0 Å². The molecule has 2 atom stereocenters. The van der Waals surface area contributed by atoms with Gasteiger partial charge in [0.05, 0.1) is 6.54 Å². The zero-order valence-electron chi connectivity index (χ0n) is 11.9. The summed E-state index contributed by atoms with van der Waals surface area (Å²) < 4.78 is 0. The van der Waals surface area contributed by atoms with E-state index in [9.17, 15) is 4.79 Å². The van der Waals surface area contributed by atoms with E-state index in [1.165, 1.54) is 0 Å². The molecule has 0 bridgehead atoms. The number of nitrogens with zero attached hydrogens (tertiary/aromatic N) is 2. The van der Waals surface area contributed by atoms with Gasteiger partial charge >= 0.3 is 0 Å². The van der Waals surface area contributed by atoms with Gasteiger partial charge in [-0.25, -0.2) is 4.98 Å². The van der Waals surface area contributed by atoms with Crippen LogP contribution in [0.4, 0.5) is 0 Å². The zero-order chi connectivity index (χ0) is 13.7. The molecule has 1 fully saturated rings.